The highest BCUT2D eigenvalue weighted by molar-refractivity contribution is 9.10. The van der Waals surface area contributed by atoms with Gasteiger partial charge in [0.15, 0.2) is 0 Å². The number of halogens is 1. The van der Waals surface area contributed by atoms with E-state index in [9.17, 15) is 0 Å². The first-order chi connectivity index (χ1) is 8.52. The molecule has 0 fully saturated rings. The molecule has 1 atom stereocenters. The Morgan fingerprint density at radius 3 is 2.72 bits per heavy atom. The van der Waals surface area contributed by atoms with E-state index in [-0.39, 0.29) is 6.04 Å². The van der Waals surface area contributed by atoms with Crippen LogP contribution in [-0.4, -0.2) is 38.2 Å². The molecule has 1 unspecified atom stereocenters. The van der Waals surface area contributed by atoms with Crippen LogP contribution in [0.4, 0.5) is 0 Å². The summed E-state index contributed by atoms with van der Waals surface area (Å²) in [6.45, 7) is 3.73. The van der Waals surface area contributed by atoms with Crippen molar-refractivity contribution in [2.45, 2.75) is 25.8 Å². The molecule has 0 aliphatic carbocycles. The monoisotopic (exact) mass is 314 g/mol. The van der Waals surface area contributed by atoms with E-state index in [0.717, 1.165) is 29.6 Å². The third-order valence-corrected chi connectivity index (χ3v) is 3.60. The molecule has 1 aromatic rings. The minimum atomic E-state index is 0.207. The summed E-state index contributed by atoms with van der Waals surface area (Å²) in [5.74, 6) is 0.915. The molecule has 4 heteroatoms. The van der Waals surface area contributed by atoms with Crippen molar-refractivity contribution in [2.24, 2.45) is 5.73 Å². The van der Waals surface area contributed by atoms with E-state index in [1.54, 1.807) is 0 Å². The van der Waals surface area contributed by atoms with Crippen LogP contribution in [0.2, 0.25) is 0 Å². The predicted octanol–water partition coefficient (Wildman–Crippen LogP) is 2.67. The van der Waals surface area contributed by atoms with Gasteiger partial charge in [-0.25, -0.2) is 0 Å². The standard InChI is InChI=1S/C14H23BrN2O/c1-4-12(16)9-11-10-13(5-6-14(11)15)18-8-7-17(2)3/h5-6,10,12H,4,7-9,16H2,1-3H3. The molecule has 0 saturated heterocycles. The fourth-order valence-corrected chi connectivity index (χ4v) is 1.98. The SMILES string of the molecule is CCC(N)Cc1cc(OCCN(C)C)ccc1Br. The van der Waals surface area contributed by atoms with Crippen LogP contribution in [0.5, 0.6) is 5.75 Å². The Labute approximate surface area is 118 Å². The minimum Gasteiger partial charge on any atom is -0.492 e. The maximum absolute atomic E-state index is 6.00. The van der Waals surface area contributed by atoms with Gasteiger partial charge < -0.3 is 15.4 Å². The molecular weight excluding hydrogens is 292 g/mol. The lowest BCUT2D eigenvalue weighted by molar-refractivity contribution is 0.261. The highest BCUT2D eigenvalue weighted by atomic mass is 79.9. The topological polar surface area (TPSA) is 38.5 Å². The Hall–Kier alpha value is -0.580. The van der Waals surface area contributed by atoms with Crippen LogP contribution in [0.3, 0.4) is 0 Å². The van der Waals surface area contributed by atoms with Gasteiger partial charge in [0.25, 0.3) is 0 Å². The zero-order chi connectivity index (χ0) is 13.5. The van der Waals surface area contributed by atoms with E-state index in [0.29, 0.717) is 6.61 Å². The van der Waals surface area contributed by atoms with Crippen molar-refractivity contribution in [3.63, 3.8) is 0 Å². The van der Waals surface area contributed by atoms with Gasteiger partial charge in [0.2, 0.25) is 0 Å². The summed E-state index contributed by atoms with van der Waals surface area (Å²) in [4.78, 5) is 2.10. The smallest absolute Gasteiger partial charge is 0.119 e. The number of ether oxygens (including phenoxy) is 1. The maximum atomic E-state index is 6.00. The second-order valence-corrected chi connectivity index (χ2v) is 5.63. The second kappa shape index (κ2) is 7.77. The number of likely N-dealkylation sites (N-methyl/N-ethyl adjacent to an activating group) is 1. The fraction of sp³-hybridized carbons (Fsp3) is 0.571. The molecule has 0 aliphatic rings. The van der Waals surface area contributed by atoms with Gasteiger partial charge in [0, 0.05) is 17.1 Å². The Morgan fingerprint density at radius 1 is 1.39 bits per heavy atom. The van der Waals surface area contributed by atoms with E-state index in [2.05, 4.69) is 33.8 Å². The number of hydrogen-bond acceptors (Lipinski definition) is 3. The van der Waals surface area contributed by atoms with E-state index >= 15 is 0 Å². The summed E-state index contributed by atoms with van der Waals surface area (Å²) < 4.78 is 6.83. The van der Waals surface area contributed by atoms with Gasteiger partial charge in [-0.3, -0.25) is 0 Å². The first-order valence-electron chi connectivity index (χ1n) is 6.34. The van der Waals surface area contributed by atoms with Crippen LogP contribution >= 0.6 is 15.9 Å². The highest BCUT2D eigenvalue weighted by Crippen LogP contribution is 2.24. The molecule has 0 aliphatic heterocycles. The molecule has 0 saturated carbocycles. The van der Waals surface area contributed by atoms with E-state index in [1.807, 2.05) is 26.2 Å². The van der Waals surface area contributed by atoms with Crippen LogP contribution in [-0.2, 0) is 6.42 Å². The van der Waals surface area contributed by atoms with Crippen molar-refractivity contribution in [3.8, 4) is 5.75 Å². The molecular formula is C14H23BrN2O. The first kappa shape index (κ1) is 15.5. The largest absolute Gasteiger partial charge is 0.492 e. The van der Waals surface area contributed by atoms with Crippen molar-refractivity contribution in [2.75, 3.05) is 27.2 Å². The Kier molecular flexibility index (Phi) is 6.68. The van der Waals surface area contributed by atoms with Crippen LogP contribution in [0, 0.1) is 0 Å². The average Bonchev–Trinajstić information content (AvgIpc) is 2.32. The van der Waals surface area contributed by atoms with Gasteiger partial charge in [-0.1, -0.05) is 22.9 Å². The number of nitrogens with two attached hydrogens (primary N) is 1. The Morgan fingerprint density at radius 2 is 2.11 bits per heavy atom. The number of rotatable bonds is 7. The third-order valence-electron chi connectivity index (χ3n) is 2.83. The molecule has 1 rings (SSSR count). The molecule has 1 aromatic carbocycles. The van der Waals surface area contributed by atoms with Crippen LogP contribution in [0.25, 0.3) is 0 Å². The van der Waals surface area contributed by atoms with E-state index in [4.69, 9.17) is 10.5 Å². The highest BCUT2D eigenvalue weighted by Gasteiger charge is 2.07. The second-order valence-electron chi connectivity index (χ2n) is 4.78. The summed E-state index contributed by atoms with van der Waals surface area (Å²) >= 11 is 3.56. The third kappa shape index (κ3) is 5.38. The van der Waals surface area contributed by atoms with Crippen molar-refractivity contribution in [1.82, 2.24) is 4.90 Å². The molecule has 0 aromatic heterocycles. The van der Waals surface area contributed by atoms with E-state index in [1.165, 1.54) is 5.56 Å². The van der Waals surface area contributed by atoms with E-state index < -0.39 is 0 Å². The zero-order valence-corrected chi connectivity index (χ0v) is 13.0. The molecule has 0 heterocycles. The minimum absolute atomic E-state index is 0.207. The lowest BCUT2D eigenvalue weighted by atomic mass is 10.0. The maximum Gasteiger partial charge on any atom is 0.119 e. The molecule has 2 N–H and O–H groups in total. The summed E-state index contributed by atoms with van der Waals surface area (Å²) in [5, 5.41) is 0. The van der Waals surface area contributed by atoms with Gasteiger partial charge in [-0.15, -0.1) is 0 Å². The van der Waals surface area contributed by atoms with Gasteiger partial charge in [-0.05, 0) is 50.7 Å². The van der Waals surface area contributed by atoms with Crippen molar-refractivity contribution < 1.29 is 4.74 Å². The molecule has 3 nitrogen and oxygen atoms in total. The molecule has 0 spiro atoms. The average molecular weight is 315 g/mol. The summed E-state index contributed by atoms with van der Waals surface area (Å²) in [6.07, 6.45) is 1.86. The van der Waals surface area contributed by atoms with Crippen LogP contribution in [0.15, 0.2) is 22.7 Å². The molecule has 0 bridgehead atoms. The van der Waals surface area contributed by atoms with Crippen LogP contribution < -0.4 is 10.5 Å². The van der Waals surface area contributed by atoms with Gasteiger partial charge in [0.05, 0.1) is 0 Å². The quantitative estimate of drug-likeness (QED) is 0.841. The van der Waals surface area contributed by atoms with Crippen molar-refractivity contribution >= 4 is 15.9 Å². The molecule has 0 radical (unpaired) electrons. The lowest BCUT2D eigenvalue weighted by Gasteiger charge is -2.14. The number of hydrogen-bond donors (Lipinski definition) is 1. The van der Waals surface area contributed by atoms with Gasteiger partial charge >= 0.3 is 0 Å². The Bertz CT molecular complexity index is 369. The van der Waals surface area contributed by atoms with Crippen molar-refractivity contribution in [1.29, 1.82) is 0 Å². The number of nitrogens with zero attached hydrogens (tertiary/aromatic N) is 1. The summed E-state index contributed by atoms with van der Waals surface area (Å²) in [7, 11) is 4.08. The normalized spacial score (nSPS) is 12.8. The zero-order valence-electron chi connectivity index (χ0n) is 11.4. The van der Waals surface area contributed by atoms with Crippen molar-refractivity contribution in [3.05, 3.63) is 28.2 Å². The summed E-state index contributed by atoms with van der Waals surface area (Å²) in [6, 6.07) is 6.30. The number of benzene rings is 1. The molecule has 18 heavy (non-hydrogen) atoms. The van der Waals surface area contributed by atoms with Gasteiger partial charge in [-0.2, -0.15) is 0 Å². The molecule has 102 valence electrons. The fourth-order valence-electron chi connectivity index (χ4n) is 1.57. The Balaban J connectivity index is 2.62. The first-order valence-corrected chi connectivity index (χ1v) is 7.13. The molecule has 0 amide bonds. The van der Waals surface area contributed by atoms with Crippen LogP contribution in [0.1, 0.15) is 18.9 Å². The lowest BCUT2D eigenvalue weighted by Crippen LogP contribution is -2.22. The van der Waals surface area contributed by atoms with Gasteiger partial charge in [0.1, 0.15) is 12.4 Å². The summed E-state index contributed by atoms with van der Waals surface area (Å²) in [5.41, 5.74) is 7.21. The predicted molar refractivity (Wildman–Crippen MR) is 80.2 cm³/mol.